The van der Waals surface area contributed by atoms with E-state index in [1.165, 1.54) is 31.2 Å². The molecule has 1 saturated heterocycles. The normalized spacial score (nSPS) is 20.7. The number of likely N-dealkylation sites (N-methyl/N-ethyl adjacent to an activating group) is 1. The molecule has 1 spiro atoms. The summed E-state index contributed by atoms with van der Waals surface area (Å²) >= 11 is 0. The third kappa shape index (κ3) is 5.37. The molecule has 3 fully saturated rings. The molecule has 2 saturated carbocycles. The Hall–Kier alpha value is -2.36. The molecule has 0 bridgehead atoms. The van der Waals surface area contributed by atoms with Crippen molar-refractivity contribution >= 4 is 5.69 Å². The van der Waals surface area contributed by atoms with Gasteiger partial charge in [-0.25, -0.2) is 5.53 Å². The summed E-state index contributed by atoms with van der Waals surface area (Å²) in [7, 11) is 2.02. The van der Waals surface area contributed by atoms with E-state index in [2.05, 4.69) is 52.3 Å². The molecule has 0 amide bonds. The summed E-state index contributed by atoms with van der Waals surface area (Å²) in [5, 5.41) is 6.89. The van der Waals surface area contributed by atoms with Crippen LogP contribution in [0.15, 0.2) is 35.2 Å². The Morgan fingerprint density at radius 2 is 2.10 bits per heavy atom. The monoisotopic (exact) mass is 394 g/mol. The van der Waals surface area contributed by atoms with Crippen LogP contribution in [0.2, 0.25) is 0 Å². The Labute approximate surface area is 173 Å². The molecule has 6 nitrogen and oxygen atoms in total. The smallest absolute Gasteiger partial charge is 0.174 e. The zero-order chi connectivity index (χ0) is 20.3. The summed E-state index contributed by atoms with van der Waals surface area (Å²) in [4.78, 5) is 2.10. The molecule has 0 atom stereocenters. The number of benzene rings is 1. The molecule has 4 rings (SSSR count). The van der Waals surface area contributed by atoms with Gasteiger partial charge < -0.3 is 19.7 Å². The van der Waals surface area contributed by atoms with E-state index in [0.29, 0.717) is 30.1 Å². The third-order valence-corrected chi connectivity index (χ3v) is 5.82. The van der Waals surface area contributed by atoms with E-state index in [0.717, 1.165) is 24.5 Å². The van der Waals surface area contributed by atoms with Crippen molar-refractivity contribution in [3.63, 3.8) is 0 Å². The molecule has 0 radical (unpaired) electrons. The molecule has 2 N–H and O–H groups in total. The quantitative estimate of drug-likeness (QED) is 0.545. The highest BCUT2D eigenvalue weighted by Gasteiger charge is 2.46. The van der Waals surface area contributed by atoms with Crippen LogP contribution >= 0.6 is 0 Å². The minimum absolute atomic E-state index is 0.230. The highest BCUT2D eigenvalue weighted by molar-refractivity contribution is 5.58. The number of ether oxygens (including phenoxy) is 2. The van der Waals surface area contributed by atoms with Crippen LogP contribution in [0, 0.1) is 35.6 Å². The predicted molar refractivity (Wildman–Crippen MR) is 113 cm³/mol. The Balaban J connectivity index is 1.31. The lowest BCUT2D eigenvalue weighted by Crippen LogP contribution is -2.38. The first kappa shape index (κ1) is 19.9. The fraction of sp³-hybridized carbons (Fsp3) is 0.565. The van der Waals surface area contributed by atoms with Crippen molar-refractivity contribution in [2.75, 3.05) is 38.3 Å². The average Bonchev–Trinajstić information content (AvgIpc) is 3.65. The largest absolute Gasteiger partial charge is 0.384 e. The van der Waals surface area contributed by atoms with Gasteiger partial charge in [-0.05, 0) is 50.3 Å². The van der Waals surface area contributed by atoms with Crippen molar-refractivity contribution < 1.29 is 9.47 Å². The second-order valence-electron chi connectivity index (χ2n) is 8.61. The van der Waals surface area contributed by atoms with Gasteiger partial charge in [0.15, 0.2) is 6.29 Å². The molecular formula is C23H30N4O2. The number of nitrogens with one attached hydrogen (secondary N) is 2. The highest BCUT2D eigenvalue weighted by atomic mass is 16.7. The molecular weight excluding hydrogens is 364 g/mol. The van der Waals surface area contributed by atoms with E-state index in [1.807, 2.05) is 7.05 Å². The second kappa shape index (κ2) is 8.56. The maximum Gasteiger partial charge on any atom is 0.174 e. The molecule has 3 aliphatic rings. The van der Waals surface area contributed by atoms with Gasteiger partial charge in [-0.3, -0.25) is 0 Å². The predicted octanol–water partition coefficient (Wildman–Crippen LogP) is 3.81. The van der Waals surface area contributed by atoms with E-state index >= 15 is 0 Å². The van der Waals surface area contributed by atoms with Gasteiger partial charge in [0.2, 0.25) is 0 Å². The summed E-state index contributed by atoms with van der Waals surface area (Å²) in [6, 6.07) is 6.30. The van der Waals surface area contributed by atoms with Crippen LogP contribution in [0.5, 0.6) is 0 Å². The Bertz CT molecular complexity index is 836. The van der Waals surface area contributed by atoms with Gasteiger partial charge in [0, 0.05) is 35.8 Å². The van der Waals surface area contributed by atoms with Crippen LogP contribution in [0.25, 0.3) is 0 Å². The molecule has 6 heteroatoms. The van der Waals surface area contributed by atoms with Crippen molar-refractivity contribution in [2.24, 2.45) is 16.4 Å². The van der Waals surface area contributed by atoms with Gasteiger partial charge in [-0.15, -0.1) is 0 Å². The zero-order valence-corrected chi connectivity index (χ0v) is 17.3. The number of aryl methyl sites for hydroxylation is 1. The maximum absolute atomic E-state index is 7.52. The van der Waals surface area contributed by atoms with Crippen LogP contribution < -0.4 is 10.2 Å². The van der Waals surface area contributed by atoms with E-state index in [-0.39, 0.29) is 6.29 Å². The summed E-state index contributed by atoms with van der Waals surface area (Å²) in [6.07, 6.45) is 6.45. The molecule has 1 heterocycles. The van der Waals surface area contributed by atoms with Gasteiger partial charge in [-0.2, -0.15) is 5.11 Å². The zero-order valence-electron chi connectivity index (χ0n) is 17.3. The standard InChI is InChI=1S/C23H30N4O2/c1-17-3-4-19(8-7-18-5-6-18)11-21(17)27(2)14-20(26-24)12-25-13-22-28-15-23(9-10-23)16-29-22/h3-4,11-12,18,22,24-25H,5-6,9-10,13-16H2,1-2H3/b20-12-,26-24?. The minimum Gasteiger partial charge on any atom is -0.384 e. The van der Waals surface area contributed by atoms with Gasteiger partial charge in [-0.1, -0.05) is 17.9 Å². The van der Waals surface area contributed by atoms with E-state index in [9.17, 15) is 0 Å². The van der Waals surface area contributed by atoms with Crippen LogP contribution in [-0.4, -0.2) is 39.6 Å². The van der Waals surface area contributed by atoms with E-state index in [4.69, 9.17) is 15.0 Å². The molecule has 1 aromatic carbocycles. The SMILES string of the molecule is Cc1ccc(C#CC2CC2)cc1N(C)C/C(=C/NCC1OCC2(CC2)CO1)N=N. The highest BCUT2D eigenvalue weighted by Crippen LogP contribution is 2.48. The fourth-order valence-corrected chi connectivity index (χ4v) is 3.44. The topological polar surface area (TPSA) is 69.9 Å². The maximum atomic E-state index is 7.52. The number of hydrogen-bond acceptors (Lipinski definition) is 6. The van der Waals surface area contributed by atoms with Crippen molar-refractivity contribution in [3.05, 3.63) is 41.2 Å². The van der Waals surface area contributed by atoms with Gasteiger partial charge in [0.05, 0.1) is 32.0 Å². The van der Waals surface area contributed by atoms with Crippen LogP contribution in [0.4, 0.5) is 5.69 Å². The Morgan fingerprint density at radius 1 is 1.34 bits per heavy atom. The van der Waals surface area contributed by atoms with Gasteiger partial charge >= 0.3 is 0 Å². The molecule has 0 aromatic heterocycles. The second-order valence-corrected chi connectivity index (χ2v) is 8.61. The van der Waals surface area contributed by atoms with E-state index in [1.54, 1.807) is 6.20 Å². The lowest BCUT2D eigenvalue weighted by molar-refractivity contribution is -0.203. The first-order chi connectivity index (χ1) is 14.1. The minimum atomic E-state index is -0.230. The summed E-state index contributed by atoms with van der Waals surface area (Å²) in [5.41, 5.74) is 11.8. The summed E-state index contributed by atoms with van der Waals surface area (Å²) in [5.74, 6) is 7.19. The van der Waals surface area contributed by atoms with Crippen molar-refractivity contribution in [1.82, 2.24) is 5.32 Å². The number of anilines is 1. The summed E-state index contributed by atoms with van der Waals surface area (Å²) < 4.78 is 11.6. The molecule has 2 aliphatic carbocycles. The average molecular weight is 395 g/mol. The van der Waals surface area contributed by atoms with Crippen molar-refractivity contribution in [3.8, 4) is 11.8 Å². The van der Waals surface area contributed by atoms with Crippen molar-refractivity contribution in [2.45, 2.75) is 38.9 Å². The number of rotatable bonds is 7. The van der Waals surface area contributed by atoms with Crippen molar-refractivity contribution in [1.29, 1.82) is 5.53 Å². The van der Waals surface area contributed by atoms with Gasteiger partial charge in [0.25, 0.3) is 0 Å². The summed E-state index contributed by atoms with van der Waals surface area (Å²) in [6.45, 7) is 4.77. The molecule has 29 heavy (non-hydrogen) atoms. The first-order valence-corrected chi connectivity index (χ1v) is 10.4. The Morgan fingerprint density at radius 3 is 2.76 bits per heavy atom. The fourth-order valence-electron chi connectivity index (χ4n) is 3.44. The molecule has 1 aromatic rings. The molecule has 154 valence electrons. The lowest BCUT2D eigenvalue weighted by Gasteiger charge is -2.29. The lowest BCUT2D eigenvalue weighted by atomic mass is 10.1. The Kier molecular flexibility index (Phi) is 5.89. The van der Waals surface area contributed by atoms with Crippen LogP contribution in [0.1, 0.15) is 36.8 Å². The van der Waals surface area contributed by atoms with Crippen LogP contribution in [-0.2, 0) is 9.47 Å². The molecule has 0 unspecified atom stereocenters. The third-order valence-electron chi connectivity index (χ3n) is 5.82. The van der Waals surface area contributed by atoms with E-state index < -0.39 is 0 Å². The van der Waals surface area contributed by atoms with Crippen LogP contribution in [0.3, 0.4) is 0 Å². The number of hydrogen-bond donors (Lipinski definition) is 2. The van der Waals surface area contributed by atoms with Gasteiger partial charge in [0.1, 0.15) is 0 Å². The molecule has 1 aliphatic heterocycles. The first-order valence-electron chi connectivity index (χ1n) is 10.4. The number of nitrogens with zero attached hydrogens (tertiary/aromatic N) is 2.